The Labute approximate surface area is 174 Å². The van der Waals surface area contributed by atoms with Crippen LogP contribution in [-0.2, 0) is 20.7 Å². The SMILES string of the molecule is COCCN(CCOC)C(=O)Cc1csc(NC(=O)Nc2ccccc2OC)n1. The van der Waals surface area contributed by atoms with Crippen LogP contribution in [0.3, 0.4) is 0 Å². The van der Waals surface area contributed by atoms with E-state index in [1.54, 1.807) is 42.7 Å². The summed E-state index contributed by atoms with van der Waals surface area (Å²) in [5, 5.41) is 7.54. The highest BCUT2D eigenvalue weighted by molar-refractivity contribution is 7.14. The summed E-state index contributed by atoms with van der Waals surface area (Å²) in [4.78, 5) is 30.7. The third-order valence-corrected chi connectivity index (χ3v) is 4.75. The molecule has 0 aliphatic carbocycles. The van der Waals surface area contributed by atoms with Crippen molar-refractivity contribution in [2.24, 2.45) is 0 Å². The average molecular weight is 423 g/mol. The number of para-hydroxylation sites is 2. The lowest BCUT2D eigenvalue weighted by Gasteiger charge is -2.21. The van der Waals surface area contributed by atoms with E-state index >= 15 is 0 Å². The van der Waals surface area contributed by atoms with Crippen LogP contribution in [0.4, 0.5) is 15.6 Å². The second-order valence-corrected chi connectivity index (χ2v) is 6.82. The molecule has 1 heterocycles. The van der Waals surface area contributed by atoms with Crippen LogP contribution in [-0.4, -0.2) is 69.5 Å². The van der Waals surface area contributed by atoms with Crippen LogP contribution < -0.4 is 15.4 Å². The smallest absolute Gasteiger partial charge is 0.325 e. The Morgan fingerprint density at radius 3 is 2.41 bits per heavy atom. The molecule has 3 amide bonds. The van der Waals surface area contributed by atoms with Crippen LogP contribution in [0.15, 0.2) is 29.6 Å². The summed E-state index contributed by atoms with van der Waals surface area (Å²) in [6, 6.07) is 6.66. The molecule has 1 aromatic heterocycles. The number of amides is 3. The molecule has 0 aliphatic heterocycles. The molecule has 0 aliphatic rings. The van der Waals surface area contributed by atoms with Gasteiger partial charge in [-0.3, -0.25) is 10.1 Å². The molecule has 0 unspecified atom stereocenters. The Morgan fingerprint density at radius 1 is 1.07 bits per heavy atom. The molecular formula is C19H26N4O5S. The van der Waals surface area contributed by atoms with E-state index in [9.17, 15) is 9.59 Å². The summed E-state index contributed by atoms with van der Waals surface area (Å²) in [6.07, 6.45) is 0.139. The van der Waals surface area contributed by atoms with Gasteiger partial charge in [0.2, 0.25) is 5.91 Å². The van der Waals surface area contributed by atoms with E-state index in [1.807, 2.05) is 6.07 Å². The van der Waals surface area contributed by atoms with E-state index in [4.69, 9.17) is 14.2 Å². The number of thiazole rings is 1. The molecule has 29 heavy (non-hydrogen) atoms. The zero-order chi connectivity index (χ0) is 21.1. The minimum atomic E-state index is -0.441. The number of benzene rings is 1. The molecule has 0 radical (unpaired) electrons. The third-order valence-electron chi connectivity index (χ3n) is 3.94. The number of methoxy groups -OCH3 is 3. The molecule has 10 heteroatoms. The van der Waals surface area contributed by atoms with Gasteiger partial charge in [-0.15, -0.1) is 11.3 Å². The van der Waals surface area contributed by atoms with Gasteiger partial charge >= 0.3 is 6.03 Å². The summed E-state index contributed by atoms with van der Waals surface area (Å²) in [6.45, 7) is 1.86. The summed E-state index contributed by atoms with van der Waals surface area (Å²) in [7, 11) is 4.71. The van der Waals surface area contributed by atoms with E-state index < -0.39 is 6.03 Å². The van der Waals surface area contributed by atoms with Gasteiger partial charge in [0.25, 0.3) is 0 Å². The molecule has 0 atom stereocenters. The van der Waals surface area contributed by atoms with Gasteiger partial charge in [0, 0.05) is 32.7 Å². The topological polar surface area (TPSA) is 102 Å². The van der Waals surface area contributed by atoms with Gasteiger partial charge in [0.05, 0.1) is 38.1 Å². The van der Waals surface area contributed by atoms with Crippen molar-refractivity contribution in [2.75, 3.05) is 58.3 Å². The van der Waals surface area contributed by atoms with E-state index in [-0.39, 0.29) is 12.3 Å². The molecule has 0 fully saturated rings. The van der Waals surface area contributed by atoms with Crippen LogP contribution in [0, 0.1) is 0 Å². The van der Waals surface area contributed by atoms with Crippen LogP contribution in [0.2, 0.25) is 0 Å². The number of anilines is 2. The van der Waals surface area contributed by atoms with Crippen molar-refractivity contribution in [3.05, 3.63) is 35.3 Å². The van der Waals surface area contributed by atoms with Crippen molar-refractivity contribution in [3.63, 3.8) is 0 Å². The highest BCUT2D eigenvalue weighted by Crippen LogP contribution is 2.23. The van der Waals surface area contributed by atoms with Crippen molar-refractivity contribution in [3.8, 4) is 5.75 Å². The summed E-state index contributed by atoms with van der Waals surface area (Å²) in [5.74, 6) is 0.481. The zero-order valence-corrected chi connectivity index (χ0v) is 17.6. The normalized spacial score (nSPS) is 10.4. The maximum Gasteiger partial charge on any atom is 0.325 e. The van der Waals surface area contributed by atoms with E-state index in [1.165, 1.54) is 18.4 Å². The highest BCUT2D eigenvalue weighted by atomic mass is 32.1. The number of nitrogens with one attached hydrogen (secondary N) is 2. The Kier molecular flexibility index (Phi) is 9.35. The molecule has 9 nitrogen and oxygen atoms in total. The standard InChI is InChI=1S/C19H26N4O5S/c1-26-10-8-23(9-11-27-2)17(24)12-14-13-29-19(20-14)22-18(25)21-15-6-4-5-7-16(15)28-3/h4-7,13H,8-12H2,1-3H3,(H2,20,21,22,25). The number of nitrogens with zero attached hydrogens (tertiary/aromatic N) is 2. The van der Waals surface area contributed by atoms with Crippen molar-refractivity contribution < 1.29 is 23.8 Å². The maximum absolute atomic E-state index is 12.5. The van der Waals surface area contributed by atoms with E-state index in [0.717, 1.165) is 0 Å². The summed E-state index contributed by atoms with van der Waals surface area (Å²) >= 11 is 1.25. The van der Waals surface area contributed by atoms with Gasteiger partial charge in [-0.2, -0.15) is 0 Å². The predicted octanol–water partition coefficient (Wildman–Crippen LogP) is 2.46. The molecule has 2 aromatic rings. The van der Waals surface area contributed by atoms with Crippen molar-refractivity contribution >= 4 is 34.1 Å². The molecule has 2 rings (SSSR count). The fourth-order valence-electron chi connectivity index (χ4n) is 2.48. The highest BCUT2D eigenvalue weighted by Gasteiger charge is 2.16. The Hall–Kier alpha value is -2.69. The predicted molar refractivity (Wildman–Crippen MR) is 112 cm³/mol. The first-order valence-electron chi connectivity index (χ1n) is 8.98. The fraction of sp³-hybridized carbons (Fsp3) is 0.421. The Morgan fingerprint density at radius 2 is 1.76 bits per heavy atom. The minimum absolute atomic E-state index is 0.0746. The molecule has 158 valence electrons. The molecule has 2 N–H and O–H groups in total. The Balaban J connectivity index is 1.92. The largest absolute Gasteiger partial charge is 0.495 e. The lowest BCUT2D eigenvalue weighted by Crippen LogP contribution is -2.37. The second-order valence-electron chi connectivity index (χ2n) is 5.97. The van der Waals surface area contributed by atoms with Crippen LogP contribution in [0.25, 0.3) is 0 Å². The number of aromatic nitrogens is 1. The maximum atomic E-state index is 12.5. The van der Waals surface area contributed by atoms with Crippen molar-refractivity contribution in [1.82, 2.24) is 9.88 Å². The lowest BCUT2D eigenvalue weighted by atomic mass is 10.3. The fourth-order valence-corrected chi connectivity index (χ4v) is 3.18. The van der Waals surface area contributed by atoms with E-state index in [0.29, 0.717) is 48.6 Å². The van der Waals surface area contributed by atoms with Gasteiger partial charge in [0.15, 0.2) is 5.13 Å². The van der Waals surface area contributed by atoms with Crippen LogP contribution >= 0.6 is 11.3 Å². The lowest BCUT2D eigenvalue weighted by molar-refractivity contribution is -0.131. The first-order valence-corrected chi connectivity index (χ1v) is 9.86. The Bertz CT molecular complexity index is 790. The van der Waals surface area contributed by atoms with Gasteiger partial charge in [-0.25, -0.2) is 9.78 Å². The monoisotopic (exact) mass is 422 g/mol. The van der Waals surface area contributed by atoms with Crippen molar-refractivity contribution in [1.29, 1.82) is 0 Å². The first-order chi connectivity index (χ1) is 14.1. The first kappa shape index (κ1) is 22.6. The number of rotatable bonds is 11. The number of hydrogen-bond donors (Lipinski definition) is 2. The minimum Gasteiger partial charge on any atom is -0.495 e. The van der Waals surface area contributed by atoms with Gasteiger partial charge in [0.1, 0.15) is 5.75 Å². The number of carbonyl (C=O) groups excluding carboxylic acids is 2. The molecule has 0 spiro atoms. The molecule has 0 saturated carbocycles. The molecule has 1 aromatic carbocycles. The summed E-state index contributed by atoms with van der Waals surface area (Å²) in [5.41, 5.74) is 1.14. The molecule has 0 saturated heterocycles. The number of hydrogen-bond acceptors (Lipinski definition) is 7. The molecule has 0 bridgehead atoms. The number of urea groups is 1. The van der Waals surface area contributed by atoms with E-state index in [2.05, 4.69) is 15.6 Å². The third kappa shape index (κ3) is 7.33. The molecular weight excluding hydrogens is 396 g/mol. The quantitative estimate of drug-likeness (QED) is 0.577. The zero-order valence-electron chi connectivity index (χ0n) is 16.8. The van der Waals surface area contributed by atoms with Crippen LogP contribution in [0.1, 0.15) is 5.69 Å². The number of carbonyl (C=O) groups is 2. The van der Waals surface area contributed by atoms with Gasteiger partial charge < -0.3 is 24.4 Å². The van der Waals surface area contributed by atoms with Gasteiger partial charge in [-0.1, -0.05) is 12.1 Å². The average Bonchev–Trinajstić information content (AvgIpc) is 3.14. The van der Waals surface area contributed by atoms with Crippen molar-refractivity contribution in [2.45, 2.75) is 6.42 Å². The number of ether oxygens (including phenoxy) is 3. The van der Waals surface area contributed by atoms with Crippen LogP contribution in [0.5, 0.6) is 5.75 Å². The second kappa shape index (κ2) is 12.0. The van der Waals surface area contributed by atoms with Gasteiger partial charge in [-0.05, 0) is 12.1 Å². The summed E-state index contributed by atoms with van der Waals surface area (Å²) < 4.78 is 15.3.